The van der Waals surface area contributed by atoms with Crippen molar-refractivity contribution in [3.05, 3.63) is 29.3 Å². The van der Waals surface area contributed by atoms with Gasteiger partial charge in [0, 0.05) is 13.6 Å². The SMILES string of the molecule is CCC(C)(C)OCCN(C)C(C)=Nc1ccc2c(c1)[C@@H](C(N)=O)[C@H](O)C2. The number of carbonyl (C=O) groups excluding carboxylic acids is 1. The molecular weight excluding hydrogens is 330 g/mol. The van der Waals surface area contributed by atoms with Crippen molar-refractivity contribution in [2.24, 2.45) is 10.7 Å². The van der Waals surface area contributed by atoms with Gasteiger partial charge in [-0.15, -0.1) is 0 Å². The minimum Gasteiger partial charge on any atom is -0.392 e. The lowest BCUT2D eigenvalue weighted by Crippen LogP contribution is -2.32. The zero-order chi connectivity index (χ0) is 19.5. The molecule has 0 saturated carbocycles. The molecule has 1 aliphatic carbocycles. The topological polar surface area (TPSA) is 88.1 Å². The summed E-state index contributed by atoms with van der Waals surface area (Å²) in [7, 11) is 1.98. The Morgan fingerprint density at radius 3 is 2.77 bits per heavy atom. The molecule has 2 atom stereocenters. The third kappa shape index (κ3) is 4.83. The Morgan fingerprint density at radius 1 is 1.46 bits per heavy atom. The van der Waals surface area contributed by atoms with Crippen molar-refractivity contribution in [3.63, 3.8) is 0 Å². The number of rotatable bonds is 7. The Hall–Kier alpha value is -1.92. The summed E-state index contributed by atoms with van der Waals surface area (Å²) in [5.41, 5.74) is 7.83. The highest BCUT2D eigenvalue weighted by Crippen LogP contribution is 2.35. The van der Waals surface area contributed by atoms with Crippen LogP contribution in [-0.4, -0.2) is 53.7 Å². The van der Waals surface area contributed by atoms with E-state index in [0.29, 0.717) is 13.0 Å². The smallest absolute Gasteiger partial charge is 0.227 e. The molecule has 6 heteroatoms. The third-order valence-corrected chi connectivity index (χ3v) is 5.20. The Bertz CT molecular complexity index is 685. The first kappa shape index (κ1) is 20.4. The highest BCUT2D eigenvalue weighted by atomic mass is 16.5. The quantitative estimate of drug-likeness (QED) is 0.576. The van der Waals surface area contributed by atoms with Crippen molar-refractivity contribution in [1.82, 2.24) is 4.90 Å². The van der Waals surface area contributed by atoms with Gasteiger partial charge < -0.3 is 20.5 Å². The molecule has 1 aliphatic rings. The molecular formula is C20H31N3O3. The standard InChI is InChI=1S/C20H31N3O3/c1-6-20(3,4)26-10-9-23(5)13(2)22-15-8-7-14-11-17(24)18(19(21)25)16(14)12-15/h7-8,12,17-18,24H,6,9-11H2,1-5H3,(H2,21,25)/t17-,18-/m1/s1. The average Bonchev–Trinajstić information content (AvgIpc) is 2.89. The maximum absolute atomic E-state index is 11.6. The van der Waals surface area contributed by atoms with E-state index in [4.69, 9.17) is 10.5 Å². The van der Waals surface area contributed by atoms with Gasteiger partial charge in [-0.2, -0.15) is 0 Å². The van der Waals surface area contributed by atoms with E-state index in [1.54, 1.807) is 0 Å². The number of nitrogens with zero attached hydrogens (tertiary/aromatic N) is 2. The highest BCUT2D eigenvalue weighted by Gasteiger charge is 2.35. The highest BCUT2D eigenvalue weighted by molar-refractivity contribution is 5.85. The van der Waals surface area contributed by atoms with Crippen LogP contribution in [0.15, 0.2) is 23.2 Å². The lowest BCUT2D eigenvalue weighted by atomic mass is 9.99. The second-order valence-corrected chi connectivity index (χ2v) is 7.58. The fourth-order valence-corrected chi connectivity index (χ4v) is 3.02. The van der Waals surface area contributed by atoms with Gasteiger partial charge in [-0.1, -0.05) is 13.0 Å². The van der Waals surface area contributed by atoms with E-state index in [2.05, 4.69) is 25.8 Å². The van der Waals surface area contributed by atoms with Gasteiger partial charge in [-0.25, -0.2) is 4.99 Å². The summed E-state index contributed by atoms with van der Waals surface area (Å²) in [6, 6.07) is 5.68. The van der Waals surface area contributed by atoms with Gasteiger partial charge in [-0.3, -0.25) is 4.79 Å². The molecule has 0 saturated heterocycles. The number of benzene rings is 1. The number of amides is 1. The predicted octanol–water partition coefficient (Wildman–Crippen LogP) is 2.36. The molecule has 0 spiro atoms. The fourth-order valence-electron chi connectivity index (χ4n) is 3.02. The number of aliphatic hydroxyl groups is 1. The van der Waals surface area contributed by atoms with E-state index in [0.717, 1.165) is 35.6 Å². The maximum atomic E-state index is 11.6. The van der Waals surface area contributed by atoms with Crippen LogP contribution in [0.5, 0.6) is 0 Å². The van der Waals surface area contributed by atoms with E-state index in [1.165, 1.54) is 0 Å². The molecule has 0 heterocycles. The Kier molecular flexibility index (Phi) is 6.42. The summed E-state index contributed by atoms with van der Waals surface area (Å²) < 4.78 is 5.89. The molecule has 26 heavy (non-hydrogen) atoms. The molecule has 1 aromatic rings. The summed E-state index contributed by atoms with van der Waals surface area (Å²) in [4.78, 5) is 18.3. The first-order valence-corrected chi connectivity index (χ1v) is 9.15. The van der Waals surface area contributed by atoms with Crippen LogP contribution < -0.4 is 5.73 Å². The molecule has 0 aliphatic heterocycles. The van der Waals surface area contributed by atoms with E-state index in [1.807, 2.05) is 37.1 Å². The van der Waals surface area contributed by atoms with Crippen LogP contribution in [0.1, 0.15) is 51.2 Å². The van der Waals surface area contributed by atoms with Gasteiger partial charge in [0.1, 0.15) is 5.84 Å². The van der Waals surface area contributed by atoms with Crippen LogP contribution in [0.4, 0.5) is 5.69 Å². The van der Waals surface area contributed by atoms with Crippen LogP contribution in [0.3, 0.4) is 0 Å². The number of aliphatic hydroxyl groups excluding tert-OH is 1. The summed E-state index contributed by atoms with van der Waals surface area (Å²) in [6.45, 7) is 9.60. The molecule has 1 amide bonds. The number of fused-ring (bicyclic) bond motifs is 1. The van der Waals surface area contributed by atoms with Crippen molar-refractivity contribution in [3.8, 4) is 0 Å². The molecule has 3 N–H and O–H groups in total. The number of carbonyl (C=O) groups is 1. The Labute approximate surface area is 156 Å². The number of ether oxygens (including phenoxy) is 1. The molecule has 6 nitrogen and oxygen atoms in total. The predicted molar refractivity (Wildman–Crippen MR) is 104 cm³/mol. The first-order chi connectivity index (χ1) is 12.1. The lowest BCUT2D eigenvalue weighted by molar-refractivity contribution is -0.121. The monoisotopic (exact) mass is 361 g/mol. The number of aliphatic imine (C=N–C) groups is 1. The van der Waals surface area contributed by atoms with E-state index in [9.17, 15) is 9.90 Å². The lowest BCUT2D eigenvalue weighted by Gasteiger charge is -2.26. The van der Waals surface area contributed by atoms with Crippen molar-refractivity contribution in [2.45, 2.75) is 58.2 Å². The number of hydrogen-bond donors (Lipinski definition) is 2. The number of nitrogens with two attached hydrogens (primary N) is 1. The normalized spacial score (nSPS) is 20.2. The second-order valence-electron chi connectivity index (χ2n) is 7.58. The van der Waals surface area contributed by atoms with Crippen LogP contribution in [-0.2, 0) is 16.0 Å². The number of amidine groups is 1. The van der Waals surface area contributed by atoms with Crippen LogP contribution >= 0.6 is 0 Å². The van der Waals surface area contributed by atoms with Crippen molar-refractivity contribution >= 4 is 17.4 Å². The largest absolute Gasteiger partial charge is 0.392 e. The summed E-state index contributed by atoms with van der Waals surface area (Å²) >= 11 is 0. The Morgan fingerprint density at radius 2 is 2.15 bits per heavy atom. The molecule has 2 rings (SSSR count). The minimum atomic E-state index is -0.746. The van der Waals surface area contributed by atoms with Gasteiger partial charge in [0.15, 0.2) is 0 Å². The van der Waals surface area contributed by atoms with Gasteiger partial charge in [0.05, 0.1) is 29.9 Å². The molecule has 0 aromatic heterocycles. The fraction of sp³-hybridized carbons (Fsp3) is 0.600. The number of likely N-dealkylation sites (N-methyl/N-ethyl adjacent to an activating group) is 1. The molecule has 1 aromatic carbocycles. The van der Waals surface area contributed by atoms with Crippen LogP contribution in [0.25, 0.3) is 0 Å². The average molecular weight is 361 g/mol. The van der Waals surface area contributed by atoms with Crippen molar-refractivity contribution in [1.29, 1.82) is 0 Å². The first-order valence-electron chi connectivity index (χ1n) is 9.15. The minimum absolute atomic E-state index is 0.115. The third-order valence-electron chi connectivity index (χ3n) is 5.20. The molecule has 0 fully saturated rings. The number of hydrogen-bond acceptors (Lipinski definition) is 4. The van der Waals surface area contributed by atoms with Gasteiger partial charge in [-0.05, 0) is 56.9 Å². The van der Waals surface area contributed by atoms with Gasteiger partial charge in [0.2, 0.25) is 5.91 Å². The zero-order valence-electron chi connectivity index (χ0n) is 16.5. The maximum Gasteiger partial charge on any atom is 0.227 e. The van der Waals surface area contributed by atoms with Crippen LogP contribution in [0, 0.1) is 0 Å². The number of primary amides is 1. The van der Waals surface area contributed by atoms with Gasteiger partial charge >= 0.3 is 0 Å². The van der Waals surface area contributed by atoms with Crippen molar-refractivity contribution < 1.29 is 14.6 Å². The van der Waals surface area contributed by atoms with E-state index in [-0.39, 0.29) is 5.60 Å². The van der Waals surface area contributed by atoms with E-state index < -0.39 is 17.9 Å². The Balaban J connectivity index is 2.06. The summed E-state index contributed by atoms with van der Waals surface area (Å²) in [5.74, 6) is -0.290. The van der Waals surface area contributed by atoms with Gasteiger partial charge in [0.25, 0.3) is 0 Å². The summed E-state index contributed by atoms with van der Waals surface area (Å²) in [6.07, 6.45) is 0.673. The molecule has 0 unspecified atom stereocenters. The van der Waals surface area contributed by atoms with Crippen LogP contribution in [0.2, 0.25) is 0 Å². The zero-order valence-corrected chi connectivity index (χ0v) is 16.5. The second kappa shape index (κ2) is 8.18. The molecule has 0 bridgehead atoms. The van der Waals surface area contributed by atoms with Crippen molar-refractivity contribution in [2.75, 3.05) is 20.2 Å². The molecule has 144 valence electrons. The summed E-state index contributed by atoms with van der Waals surface area (Å²) in [5, 5.41) is 10.1. The van der Waals surface area contributed by atoms with E-state index >= 15 is 0 Å². The molecule has 0 radical (unpaired) electrons.